The van der Waals surface area contributed by atoms with Crippen LogP contribution in [0.4, 0.5) is 0 Å². The summed E-state index contributed by atoms with van der Waals surface area (Å²) in [6.07, 6.45) is 3.44. The number of fused-ring (bicyclic) bond motifs is 1. The molecule has 4 atom stereocenters. The molecule has 0 spiro atoms. The molecule has 1 aliphatic rings. The number of aliphatic hydroxyl groups excluding tert-OH is 2. The van der Waals surface area contributed by atoms with E-state index in [1.807, 2.05) is 0 Å². The second kappa shape index (κ2) is 13.5. The van der Waals surface area contributed by atoms with Crippen LogP contribution in [0.2, 0.25) is 0 Å². The molecule has 1 aromatic carbocycles. The van der Waals surface area contributed by atoms with E-state index in [1.54, 1.807) is 19.9 Å². The molecule has 11 heteroatoms. The molecule has 0 radical (unpaired) electrons. The monoisotopic (exact) mass is 526 g/mol. The number of rotatable bonds is 8. The first kappa shape index (κ1) is 29.5. The number of carbonyl (C=O) groups is 2. The minimum atomic E-state index is -3.14. The van der Waals surface area contributed by atoms with Crippen LogP contribution < -0.4 is 9.47 Å². The maximum Gasteiger partial charge on any atom is 0.342 e. The zero-order chi connectivity index (χ0) is 26.9. The minimum Gasteiger partial charge on any atom is -0.493 e. The Kier molecular flexibility index (Phi) is 11.1. The summed E-state index contributed by atoms with van der Waals surface area (Å²) >= 11 is 0. The zero-order valence-corrected chi connectivity index (χ0v) is 21.7. The smallest absolute Gasteiger partial charge is 0.342 e. The van der Waals surface area contributed by atoms with Crippen LogP contribution in [0.1, 0.15) is 42.6 Å². The predicted octanol–water partition coefficient (Wildman–Crippen LogP) is 1.93. The van der Waals surface area contributed by atoms with Crippen LogP contribution in [-0.4, -0.2) is 81.2 Å². The predicted molar refractivity (Wildman–Crippen MR) is 133 cm³/mol. The molecular weight excluding hydrogens is 492 g/mol. The summed E-state index contributed by atoms with van der Waals surface area (Å²) in [4.78, 5) is 25.4. The average Bonchev–Trinajstić information content (AvgIpc) is 2.81. The highest BCUT2D eigenvalue weighted by molar-refractivity contribution is 7.90. The summed E-state index contributed by atoms with van der Waals surface area (Å²) in [5.41, 5.74) is 0.435. The maximum absolute atomic E-state index is 13.2. The number of esters is 1. The Balaban J connectivity index is 2.49. The van der Waals surface area contributed by atoms with Crippen LogP contribution in [-0.2, 0) is 24.1 Å². The number of sulfone groups is 1. The average molecular weight is 527 g/mol. The Bertz CT molecular complexity index is 1080. The van der Waals surface area contributed by atoms with Gasteiger partial charge in [0.05, 0.1) is 18.5 Å². The Morgan fingerprint density at radius 3 is 2.50 bits per heavy atom. The molecule has 1 heterocycles. The first-order chi connectivity index (χ1) is 16.9. The van der Waals surface area contributed by atoms with Crippen LogP contribution in [0, 0.1) is 5.92 Å². The Morgan fingerprint density at radius 2 is 1.83 bits per heavy atom. The third kappa shape index (κ3) is 9.05. The van der Waals surface area contributed by atoms with Crippen molar-refractivity contribution in [3.8, 4) is 11.5 Å². The molecule has 2 unspecified atom stereocenters. The van der Waals surface area contributed by atoms with Crippen molar-refractivity contribution in [3.05, 3.63) is 41.5 Å². The van der Waals surface area contributed by atoms with Crippen molar-refractivity contribution in [2.24, 2.45) is 5.92 Å². The highest BCUT2D eigenvalue weighted by Gasteiger charge is 2.26. The van der Waals surface area contributed by atoms with E-state index in [9.17, 15) is 28.2 Å². The summed E-state index contributed by atoms with van der Waals surface area (Å²) in [5.74, 6) is -1.31. The molecule has 36 heavy (non-hydrogen) atoms. The van der Waals surface area contributed by atoms with E-state index in [-0.39, 0.29) is 49.2 Å². The van der Waals surface area contributed by atoms with E-state index in [1.165, 1.54) is 37.5 Å². The maximum atomic E-state index is 13.2. The fraction of sp³-hybridized carbons (Fsp3) is 0.520. The molecule has 0 aromatic heterocycles. The number of hydrogen-bond donors (Lipinski definition) is 2. The van der Waals surface area contributed by atoms with E-state index in [0.717, 1.165) is 6.26 Å². The molecule has 0 saturated heterocycles. The largest absolute Gasteiger partial charge is 0.493 e. The lowest BCUT2D eigenvalue weighted by Gasteiger charge is -2.21. The summed E-state index contributed by atoms with van der Waals surface area (Å²) in [6.45, 7) is 3.35. The van der Waals surface area contributed by atoms with E-state index in [4.69, 9.17) is 18.9 Å². The van der Waals surface area contributed by atoms with Gasteiger partial charge in [-0.15, -0.1) is 0 Å². The first-order valence-electron chi connectivity index (χ1n) is 11.5. The lowest BCUT2D eigenvalue weighted by atomic mass is 9.99. The molecule has 0 saturated carbocycles. The number of hydrogen-bond acceptors (Lipinski definition) is 10. The normalized spacial score (nSPS) is 25.3. The van der Waals surface area contributed by atoms with E-state index in [2.05, 4.69) is 0 Å². The van der Waals surface area contributed by atoms with Gasteiger partial charge in [0.15, 0.2) is 12.6 Å². The number of ketones is 1. The van der Waals surface area contributed by atoms with Crippen LogP contribution in [0.25, 0.3) is 6.08 Å². The third-order valence-electron chi connectivity index (χ3n) is 5.50. The van der Waals surface area contributed by atoms with Crippen molar-refractivity contribution in [2.75, 3.05) is 32.5 Å². The molecule has 0 fully saturated rings. The van der Waals surface area contributed by atoms with Gasteiger partial charge in [-0.2, -0.15) is 0 Å². The van der Waals surface area contributed by atoms with Gasteiger partial charge in [-0.3, -0.25) is 4.79 Å². The van der Waals surface area contributed by atoms with Crippen LogP contribution in [0.3, 0.4) is 0 Å². The topological polar surface area (TPSA) is 146 Å². The van der Waals surface area contributed by atoms with Crippen molar-refractivity contribution in [3.63, 3.8) is 0 Å². The lowest BCUT2D eigenvalue weighted by Crippen LogP contribution is -2.32. The van der Waals surface area contributed by atoms with Crippen LogP contribution in [0.5, 0.6) is 11.5 Å². The van der Waals surface area contributed by atoms with E-state index < -0.39 is 39.9 Å². The Labute approximate surface area is 211 Å². The molecule has 1 aromatic rings. The molecule has 0 aliphatic carbocycles. The van der Waals surface area contributed by atoms with Gasteiger partial charge in [0.1, 0.15) is 39.1 Å². The summed E-state index contributed by atoms with van der Waals surface area (Å²) in [6, 6.07) is 3.04. The molecule has 0 bridgehead atoms. The highest BCUT2D eigenvalue weighted by Crippen LogP contribution is 2.32. The van der Waals surface area contributed by atoms with Crippen LogP contribution >= 0.6 is 0 Å². The summed E-state index contributed by atoms with van der Waals surface area (Å²) in [7, 11) is -1.72. The molecule has 200 valence electrons. The zero-order valence-electron chi connectivity index (χ0n) is 20.9. The number of ether oxygens (including phenoxy) is 4. The van der Waals surface area contributed by atoms with Crippen molar-refractivity contribution in [2.45, 2.75) is 45.0 Å². The van der Waals surface area contributed by atoms with Gasteiger partial charge in [-0.1, -0.05) is 25.2 Å². The standard InChI is InChI=1S/C25H34O10S/c1-16-9-10-21(27)24(28)20(26)8-5-7-18-13-19(33-11-6-12-36(4,30)31)14-22(34-15-32-3)23(18)25(29)35-17(16)2/h5,7,9-10,13-14,16-17,20,24,26,28H,6,8,11-12,15H2,1-4H3/b7-5+,10-9-/t16-,17+,20?,24?/m1/s1. The number of cyclic esters (lactones) is 1. The summed E-state index contributed by atoms with van der Waals surface area (Å²) in [5, 5.41) is 20.4. The number of benzene rings is 1. The SMILES string of the molecule is COCOc1cc(OCCCS(C)(=O)=O)cc2c1C(=O)O[C@@H](C)[C@H](C)/C=C\C(=O)C(O)C(O)C/C=C/2. The van der Waals surface area contributed by atoms with Crippen LogP contribution in [0.15, 0.2) is 30.4 Å². The van der Waals surface area contributed by atoms with E-state index >= 15 is 0 Å². The van der Waals surface area contributed by atoms with Gasteiger partial charge in [0, 0.05) is 25.3 Å². The van der Waals surface area contributed by atoms with Gasteiger partial charge in [0.2, 0.25) is 0 Å². The number of methoxy groups -OCH3 is 1. The molecule has 2 N–H and O–H groups in total. The van der Waals surface area contributed by atoms with Crippen molar-refractivity contribution in [1.82, 2.24) is 0 Å². The third-order valence-corrected chi connectivity index (χ3v) is 6.53. The van der Waals surface area contributed by atoms with Gasteiger partial charge in [-0.25, -0.2) is 13.2 Å². The van der Waals surface area contributed by atoms with Crippen molar-refractivity contribution >= 4 is 27.7 Å². The fourth-order valence-electron chi connectivity index (χ4n) is 3.28. The minimum absolute atomic E-state index is 0.0410. The molecular formula is C25H34O10S. The van der Waals surface area contributed by atoms with Crippen molar-refractivity contribution < 1.29 is 47.2 Å². The lowest BCUT2D eigenvalue weighted by molar-refractivity contribution is -0.127. The Morgan fingerprint density at radius 1 is 1.11 bits per heavy atom. The highest BCUT2D eigenvalue weighted by atomic mass is 32.2. The number of aliphatic hydroxyl groups is 2. The van der Waals surface area contributed by atoms with Gasteiger partial charge < -0.3 is 29.2 Å². The molecule has 1 aliphatic heterocycles. The van der Waals surface area contributed by atoms with E-state index in [0.29, 0.717) is 11.3 Å². The second-order valence-corrected chi connectivity index (χ2v) is 10.9. The van der Waals surface area contributed by atoms with Crippen molar-refractivity contribution in [1.29, 1.82) is 0 Å². The fourth-order valence-corrected chi connectivity index (χ4v) is 3.92. The molecule has 10 nitrogen and oxygen atoms in total. The van der Waals surface area contributed by atoms with Gasteiger partial charge in [0.25, 0.3) is 0 Å². The molecule has 0 amide bonds. The summed E-state index contributed by atoms with van der Waals surface area (Å²) < 4.78 is 44.7. The second-order valence-electron chi connectivity index (χ2n) is 8.65. The molecule has 2 rings (SSSR count). The van der Waals surface area contributed by atoms with Gasteiger partial charge >= 0.3 is 5.97 Å². The first-order valence-corrected chi connectivity index (χ1v) is 13.5. The Hall–Kier alpha value is -2.73. The van der Waals surface area contributed by atoms with Gasteiger partial charge in [-0.05, 0) is 37.5 Å². The number of carbonyl (C=O) groups excluding carboxylic acids is 2. The quantitative estimate of drug-likeness (QED) is 0.293.